The normalized spacial score (nSPS) is 12.2. The number of benzene rings is 1. The first-order chi connectivity index (χ1) is 8.17. The summed E-state index contributed by atoms with van der Waals surface area (Å²) in [4.78, 5) is 11.4. The van der Waals surface area contributed by atoms with E-state index in [0.29, 0.717) is 6.54 Å². The highest BCUT2D eigenvalue weighted by molar-refractivity contribution is 9.10. The van der Waals surface area contributed by atoms with Gasteiger partial charge in [0.05, 0.1) is 13.0 Å². The van der Waals surface area contributed by atoms with Gasteiger partial charge in [-0.3, -0.25) is 4.79 Å². The number of ether oxygens (including phenoxy) is 1. The van der Waals surface area contributed by atoms with Gasteiger partial charge in [-0.25, -0.2) is 0 Å². The fourth-order valence-electron chi connectivity index (χ4n) is 1.60. The molecule has 0 saturated heterocycles. The number of esters is 1. The van der Waals surface area contributed by atoms with Crippen molar-refractivity contribution in [1.82, 2.24) is 5.32 Å². The number of hydrogen-bond acceptors (Lipinski definition) is 3. The van der Waals surface area contributed by atoms with E-state index < -0.39 is 0 Å². The molecule has 0 aliphatic carbocycles. The Morgan fingerprint density at radius 3 is 2.88 bits per heavy atom. The molecule has 1 aromatic rings. The van der Waals surface area contributed by atoms with Gasteiger partial charge < -0.3 is 10.1 Å². The van der Waals surface area contributed by atoms with Crippen molar-refractivity contribution < 1.29 is 9.53 Å². The van der Waals surface area contributed by atoms with Gasteiger partial charge in [0.15, 0.2) is 0 Å². The highest BCUT2D eigenvalue weighted by atomic mass is 79.9. The lowest BCUT2D eigenvalue weighted by molar-refractivity contribution is -0.145. The van der Waals surface area contributed by atoms with Crippen LogP contribution in [0, 0.1) is 5.92 Å². The molecule has 0 bridgehead atoms. The quantitative estimate of drug-likeness (QED) is 0.821. The Labute approximate surface area is 111 Å². The molecule has 0 heterocycles. The summed E-state index contributed by atoms with van der Waals surface area (Å²) < 4.78 is 5.81. The van der Waals surface area contributed by atoms with Gasteiger partial charge in [0.1, 0.15) is 0 Å². The molecule has 1 unspecified atom stereocenters. The number of hydrogen-bond donors (Lipinski definition) is 1. The molecule has 94 valence electrons. The fourth-order valence-corrected chi connectivity index (χ4v) is 2.05. The van der Waals surface area contributed by atoms with Crippen molar-refractivity contribution >= 4 is 21.9 Å². The summed E-state index contributed by atoms with van der Waals surface area (Å²) >= 11 is 3.43. The molecule has 0 aliphatic heterocycles. The summed E-state index contributed by atoms with van der Waals surface area (Å²) in [5.74, 6) is -0.207. The molecule has 3 nitrogen and oxygen atoms in total. The molecule has 0 aliphatic rings. The molecule has 0 saturated carbocycles. The number of halogens is 1. The summed E-state index contributed by atoms with van der Waals surface area (Å²) in [5.41, 5.74) is 1.19. The minimum Gasteiger partial charge on any atom is -0.469 e. The molecule has 1 atom stereocenters. The molecule has 0 spiro atoms. The van der Waals surface area contributed by atoms with Crippen LogP contribution in [0.2, 0.25) is 0 Å². The third kappa shape index (κ3) is 4.88. The van der Waals surface area contributed by atoms with Crippen molar-refractivity contribution in [2.75, 3.05) is 13.7 Å². The Hall–Kier alpha value is -0.870. The van der Waals surface area contributed by atoms with Crippen LogP contribution in [-0.4, -0.2) is 19.6 Å². The van der Waals surface area contributed by atoms with Crippen LogP contribution in [0.4, 0.5) is 0 Å². The van der Waals surface area contributed by atoms with Crippen LogP contribution in [0.15, 0.2) is 28.7 Å². The molecule has 0 aromatic heterocycles. The summed E-state index contributed by atoms with van der Waals surface area (Å²) in [5, 5.41) is 3.27. The van der Waals surface area contributed by atoms with Gasteiger partial charge in [-0.05, 0) is 24.1 Å². The number of rotatable bonds is 6. The second kappa shape index (κ2) is 7.45. The van der Waals surface area contributed by atoms with E-state index in [1.165, 1.54) is 12.7 Å². The lowest BCUT2D eigenvalue weighted by Crippen LogP contribution is -2.28. The fraction of sp³-hybridized carbons (Fsp3) is 0.462. The topological polar surface area (TPSA) is 38.3 Å². The Morgan fingerprint density at radius 2 is 2.29 bits per heavy atom. The second-order valence-corrected chi connectivity index (χ2v) is 4.80. The van der Waals surface area contributed by atoms with Crippen LogP contribution in [-0.2, 0) is 16.1 Å². The van der Waals surface area contributed by atoms with E-state index >= 15 is 0 Å². The average molecular weight is 300 g/mol. The number of carbonyl (C=O) groups is 1. The van der Waals surface area contributed by atoms with Gasteiger partial charge in [0.2, 0.25) is 0 Å². The maximum absolute atomic E-state index is 11.4. The van der Waals surface area contributed by atoms with Gasteiger partial charge in [0, 0.05) is 17.6 Å². The number of nitrogens with one attached hydrogen (secondary N) is 1. The van der Waals surface area contributed by atoms with Crippen LogP contribution in [0.25, 0.3) is 0 Å². The van der Waals surface area contributed by atoms with E-state index in [1.807, 2.05) is 19.1 Å². The van der Waals surface area contributed by atoms with Crippen LogP contribution in [0.5, 0.6) is 0 Å². The first-order valence-corrected chi connectivity index (χ1v) is 6.49. The largest absolute Gasteiger partial charge is 0.469 e. The van der Waals surface area contributed by atoms with Crippen LogP contribution >= 0.6 is 15.9 Å². The molecular weight excluding hydrogens is 282 g/mol. The van der Waals surface area contributed by atoms with E-state index in [9.17, 15) is 4.79 Å². The molecular formula is C13H18BrNO2. The molecule has 1 aromatic carbocycles. The Kier molecular flexibility index (Phi) is 6.22. The van der Waals surface area contributed by atoms with Crippen molar-refractivity contribution in [2.24, 2.45) is 5.92 Å². The second-order valence-electron chi connectivity index (χ2n) is 3.89. The van der Waals surface area contributed by atoms with Crippen molar-refractivity contribution in [3.05, 3.63) is 34.3 Å². The highest BCUT2D eigenvalue weighted by Crippen LogP contribution is 2.11. The first kappa shape index (κ1) is 14.2. The van der Waals surface area contributed by atoms with E-state index in [0.717, 1.165) is 17.4 Å². The molecule has 4 heteroatoms. The third-order valence-corrected chi connectivity index (χ3v) is 3.13. The monoisotopic (exact) mass is 299 g/mol. The van der Waals surface area contributed by atoms with Gasteiger partial charge in [-0.15, -0.1) is 0 Å². The molecule has 1 rings (SSSR count). The van der Waals surface area contributed by atoms with Gasteiger partial charge >= 0.3 is 5.97 Å². The summed E-state index contributed by atoms with van der Waals surface area (Å²) in [6.45, 7) is 3.39. The average Bonchev–Trinajstić information content (AvgIpc) is 2.34. The number of methoxy groups -OCH3 is 1. The van der Waals surface area contributed by atoms with Crippen molar-refractivity contribution in [2.45, 2.75) is 19.9 Å². The SMILES string of the molecule is CCC(CNCc1cccc(Br)c1)C(=O)OC. The predicted octanol–water partition coefficient (Wildman–Crippen LogP) is 2.74. The lowest BCUT2D eigenvalue weighted by atomic mass is 10.1. The Morgan fingerprint density at radius 1 is 1.53 bits per heavy atom. The minimum absolute atomic E-state index is 0.0628. The molecule has 0 fully saturated rings. The standard InChI is InChI=1S/C13H18BrNO2/c1-3-11(13(16)17-2)9-15-8-10-5-4-6-12(14)7-10/h4-7,11,15H,3,8-9H2,1-2H3. The molecule has 1 N–H and O–H groups in total. The predicted molar refractivity (Wildman–Crippen MR) is 71.6 cm³/mol. The molecule has 0 amide bonds. The zero-order valence-corrected chi connectivity index (χ0v) is 11.8. The van der Waals surface area contributed by atoms with Crippen LogP contribution < -0.4 is 5.32 Å². The van der Waals surface area contributed by atoms with Crippen LogP contribution in [0.3, 0.4) is 0 Å². The van der Waals surface area contributed by atoms with Crippen molar-refractivity contribution in [1.29, 1.82) is 0 Å². The molecule has 0 radical (unpaired) electrons. The van der Waals surface area contributed by atoms with E-state index in [1.54, 1.807) is 0 Å². The van der Waals surface area contributed by atoms with E-state index in [2.05, 4.69) is 33.4 Å². The van der Waals surface area contributed by atoms with Crippen molar-refractivity contribution in [3.8, 4) is 0 Å². The van der Waals surface area contributed by atoms with Gasteiger partial charge in [0.25, 0.3) is 0 Å². The van der Waals surface area contributed by atoms with Crippen LogP contribution in [0.1, 0.15) is 18.9 Å². The number of carbonyl (C=O) groups excluding carboxylic acids is 1. The Balaban J connectivity index is 2.38. The van der Waals surface area contributed by atoms with Gasteiger partial charge in [-0.2, -0.15) is 0 Å². The summed E-state index contributed by atoms with van der Waals surface area (Å²) in [6, 6.07) is 8.11. The maximum Gasteiger partial charge on any atom is 0.309 e. The lowest BCUT2D eigenvalue weighted by Gasteiger charge is -2.13. The smallest absolute Gasteiger partial charge is 0.309 e. The third-order valence-electron chi connectivity index (χ3n) is 2.64. The molecule has 17 heavy (non-hydrogen) atoms. The highest BCUT2D eigenvalue weighted by Gasteiger charge is 2.15. The first-order valence-electron chi connectivity index (χ1n) is 5.70. The summed E-state index contributed by atoms with van der Waals surface area (Å²) in [6.07, 6.45) is 0.790. The van der Waals surface area contributed by atoms with E-state index in [4.69, 9.17) is 4.74 Å². The zero-order chi connectivity index (χ0) is 12.7. The Bertz CT molecular complexity index is 368. The van der Waals surface area contributed by atoms with E-state index in [-0.39, 0.29) is 11.9 Å². The van der Waals surface area contributed by atoms with Crippen molar-refractivity contribution in [3.63, 3.8) is 0 Å². The minimum atomic E-state index is -0.144. The zero-order valence-electron chi connectivity index (χ0n) is 10.2. The summed E-state index contributed by atoms with van der Waals surface area (Å²) in [7, 11) is 1.43. The maximum atomic E-state index is 11.4. The van der Waals surface area contributed by atoms with Gasteiger partial charge in [-0.1, -0.05) is 35.0 Å².